The maximum absolute atomic E-state index is 12.3. The highest BCUT2D eigenvalue weighted by molar-refractivity contribution is 7.16. The van der Waals surface area contributed by atoms with Crippen LogP contribution < -0.4 is 10.6 Å². The summed E-state index contributed by atoms with van der Waals surface area (Å²) in [7, 11) is 1.99. The fourth-order valence-corrected chi connectivity index (χ4v) is 4.56. The second-order valence-corrected chi connectivity index (χ2v) is 8.48. The number of nitrogens with zero attached hydrogens (tertiary/aromatic N) is 4. The number of carbonyl (C=O) groups is 1. The summed E-state index contributed by atoms with van der Waals surface area (Å²) in [5.41, 5.74) is 6.85. The normalized spacial score (nSPS) is 14.2. The molecule has 1 aromatic carbocycles. The zero-order valence-electron chi connectivity index (χ0n) is 17.3. The number of benzene rings is 1. The van der Waals surface area contributed by atoms with Crippen molar-refractivity contribution >= 4 is 55.6 Å². The zero-order valence-corrected chi connectivity index (χ0v) is 18.1. The summed E-state index contributed by atoms with van der Waals surface area (Å²) in [6, 6.07) is 8.20. The van der Waals surface area contributed by atoms with Gasteiger partial charge in [-0.25, -0.2) is 15.0 Å². The summed E-state index contributed by atoms with van der Waals surface area (Å²) in [5, 5.41) is 6.40. The van der Waals surface area contributed by atoms with E-state index in [2.05, 4.69) is 43.5 Å². The van der Waals surface area contributed by atoms with Crippen molar-refractivity contribution in [2.45, 2.75) is 12.8 Å². The Morgan fingerprint density at radius 1 is 1.29 bits per heavy atom. The average molecular weight is 435 g/mol. The molecule has 158 valence electrons. The van der Waals surface area contributed by atoms with Gasteiger partial charge in [0.05, 0.1) is 41.1 Å². The molecule has 31 heavy (non-hydrogen) atoms. The van der Waals surface area contributed by atoms with Crippen LogP contribution in [0.3, 0.4) is 0 Å². The summed E-state index contributed by atoms with van der Waals surface area (Å²) >= 11 is 1.62. The molecular weight excluding hydrogens is 410 g/mol. The third-order valence-corrected chi connectivity index (χ3v) is 6.37. The SMILES string of the molecule is C[NH2+]CCC(=O)N1CC=C(c2cc3c(Nc4ccc5ncsc5c4)ncnc3[nH]2)CC1. The molecule has 0 aliphatic carbocycles. The Kier molecular flexibility index (Phi) is 5.35. The third-order valence-electron chi connectivity index (χ3n) is 5.57. The van der Waals surface area contributed by atoms with Crippen LogP contribution in [0, 0.1) is 0 Å². The van der Waals surface area contributed by atoms with Crippen LogP contribution in [0.1, 0.15) is 18.5 Å². The van der Waals surface area contributed by atoms with E-state index in [4.69, 9.17) is 0 Å². The first kappa shape index (κ1) is 19.7. The van der Waals surface area contributed by atoms with Crippen LogP contribution in [0.4, 0.5) is 11.5 Å². The lowest BCUT2D eigenvalue weighted by Crippen LogP contribution is -2.80. The van der Waals surface area contributed by atoms with Gasteiger partial charge in [0.1, 0.15) is 17.8 Å². The van der Waals surface area contributed by atoms with Crippen LogP contribution in [0.5, 0.6) is 0 Å². The number of H-pyrrole nitrogens is 1. The van der Waals surface area contributed by atoms with Gasteiger partial charge in [0.2, 0.25) is 5.91 Å². The van der Waals surface area contributed by atoms with Gasteiger partial charge in [-0.2, -0.15) is 0 Å². The molecule has 8 nitrogen and oxygen atoms in total. The van der Waals surface area contributed by atoms with E-state index in [0.29, 0.717) is 13.0 Å². The molecule has 0 radical (unpaired) electrons. The molecule has 1 aliphatic heterocycles. The van der Waals surface area contributed by atoms with Crippen molar-refractivity contribution in [3.05, 3.63) is 47.9 Å². The number of amides is 1. The molecule has 4 heterocycles. The average Bonchev–Trinajstić information content (AvgIpc) is 3.45. The lowest BCUT2D eigenvalue weighted by atomic mass is 10.0. The first-order valence-electron chi connectivity index (χ1n) is 10.4. The van der Waals surface area contributed by atoms with Crippen molar-refractivity contribution in [3.63, 3.8) is 0 Å². The molecule has 1 aliphatic rings. The number of aromatic nitrogens is 4. The number of anilines is 2. The van der Waals surface area contributed by atoms with E-state index < -0.39 is 0 Å². The fourth-order valence-electron chi connectivity index (χ4n) is 3.85. The molecule has 4 N–H and O–H groups in total. The summed E-state index contributed by atoms with van der Waals surface area (Å²) < 4.78 is 1.13. The molecule has 4 aromatic rings. The van der Waals surface area contributed by atoms with E-state index in [1.54, 1.807) is 17.7 Å². The standard InChI is InChI=1S/C22H23N7OS/c1-23-7-4-20(30)29-8-5-14(6-9-29)18-11-16-21(24-12-25-22(16)28-18)27-15-2-3-17-19(10-15)31-13-26-17/h2-3,5,10-13,23H,4,6-9H2,1H3,(H2,24,25,27,28)/p+1. The van der Waals surface area contributed by atoms with Crippen LogP contribution in [0.2, 0.25) is 0 Å². The van der Waals surface area contributed by atoms with Gasteiger partial charge in [-0.1, -0.05) is 6.08 Å². The second-order valence-electron chi connectivity index (χ2n) is 7.59. The van der Waals surface area contributed by atoms with Crippen LogP contribution >= 0.6 is 11.3 Å². The van der Waals surface area contributed by atoms with Gasteiger partial charge >= 0.3 is 0 Å². The van der Waals surface area contributed by atoms with Gasteiger partial charge in [-0.3, -0.25) is 4.79 Å². The summed E-state index contributed by atoms with van der Waals surface area (Å²) in [5.74, 6) is 0.987. The van der Waals surface area contributed by atoms with Crippen LogP contribution in [-0.2, 0) is 4.79 Å². The largest absolute Gasteiger partial charge is 0.348 e. The van der Waals surface area contributed by atoms with Crippen LogP contribution in [-0.4, -0.2) is 57.4 Å². The monoisotopic (exact) mass is 434 g/mol. The Hall–Kier alpha value is -3.30. The summed E-state index contributed by atoms with van der Waals surface area (Å²) in [4.78, 5) is 30.8. The van der Waals surface area contributed by atoms with E-state index in [1.807, 2.05) is 34.9 Å². The lowest BCUT2D eigenvalue weighted by molar-refractivity contribution is -0.625. The van der Waals surface area contributed by atoms with Crippen molar-refractivity contribution in [3.8, 4) is 0 Å². The van der Waals surface area contributed by atoms with E-state index in [1.165, 1.54) is 5.57 Å². The minimum absolute atomic E-state index is 0.223. The number of aromatic amines is 1. The van der Waals surface area contributed by atoms with E-state index in [0.717, 1.165) is 58.0 Å². The molecule has 9 heteroatoms. The first-order valence-corrected chi connectivity index (χ1v) is 11.3. The van der Waals surface area contributed by atoms with Crippen molar-refractivity contribution in [2.75, 3.05) is 32.0 Å². The molecule has 0 spiro atoms. The Labute approximate surface area is 183 Å². The predicted octanol–water partition coefficient (Wildman–Crippen LogP) is 2.51. The predicted molar refractivity (Wildman–Crippen MR) is 123 cm³/mol. The zero-order chi connectivity index (χ0) is 21.2. The van der Waals surface area contributed by atoms with E-state index >= 15 is 0 Å². The molecule has 0 saturated carbocycles. The highest BCUT2D eigenvalue weighted by Crippen LogP contribution is 2.30. The molecule has 0 saturated heterocycles. The van der Waals surface area contributed by atoms with E-state index in [9.17, 15) is 4.79 Å². The Morgan fingerprint density at radius 3 is 3.06 bits per heavy atom. The van der Waals surface area contributed by atoms with Gasteiger partial charge in [0, 0.05) is 24.5 Å². The Morgan fingerprint density at radius 2 is 2.23 bits per heavy atom. The van der Waals surface area contributed by atoms with Gasteiger partial charge in [0.25, 0.3) is 0 Å². The van der Waals surface area contributed by atoms with E-state index in [-0.39, 0.29) is 5.91 Å². The molecule has 5 rings (SSSR count). The smallest absolute Gasteiger partial charge is 0.228 e. The lowest BCUT2D eigenvalue weighted by Gasteiger charge is -2.26. The van der Waals surface area contributed by atoms with Crippen molar-refractivity contribution in [1.29, 1.82) is 0 Å². The Bertz CT molecular complexity index is 1280. The first-order chi connectivity index (χ1) is 15.2. The highest BCUT2D eigenvalue weighted by Gasteiger charge is 2.19. The third kappa shape index (κ3) is 4.01. The van der Waals surface area contributed by atoms with Crippen LogP contribution in [0.15, 0.2) is 42.2 Å². The Balaban J connectivity index is 1.37. The molecule has 0 unspecified atom stereocenters. The van der Waals surface area contributed by atoms with Gasteiger partial charge in [0.15, 0.2) is 0 Å². The van der Waals surface area contributed by atoms with Gasteiger partial charge in [-0.05, 0) is 36.3 Å². The number of carbonyl (C=O) groups excluding carboxylic acids is 1. The van der Waals surface area contributed by atoms with Crippen LogP contribution in [0.25, 0.3) is 26.8 Å². The fraction of sp³-hybridized carbons (Fsp3) is 0.273. The molecule has 0 fully saturated rings. The topological polar surface area (TPSA) is 103 Å². The highest BCUT2D eigenvalue weighted by atomic mass is 32.1. The maximum atomic E-state index is 12.3. The summed E-state index contributed by atoms with van der Waals surface area (Å²) in [6.45, 7) is 2.23. The maximum Gasteiger partial charge on any atom is 0.228 e. The van der Waals surface area contributed by atoms with Gasteiger partial charge in [-0.15, -0.1) is 11.3 Å². The molecule has 0 bridgehead atoms. The van der Waals surface area contributed by atoms with Gasteiger partial charge < -0.3 is 20.5 Å². The second kappa shape index (κ2) is 8.44. The number of hydrogen-bond donors (Lipinski definition) is 3. The number of hydrogen-bond acceptors (Lipinski definition) is 6. The quantitative estimate of drug-likeness (QED) is 0.433. The molecular formula is C22H24N7OS+. The number of fused-ring (bicyclic) bond motifs is 2. The number of quaternary nitrogens is 1. The minimum atomic E-state index is 0.223. The molecule has 1 amide bonds. The van der Waals surface area contributed by atoms with Crippen molar-refractivity contribution in [2.24, 2.45) is 0 Å². The molecule has 3 aromatic heterocycles. The number of nitrogens with one attached hydrogen (secondary N) is 2. The van der Waals surface area contributed by atoms with Crippen molar-refractivity contribution in [1.82, 2.24) is 24.8 Å². The number of rotatable bonds is 6. The molecule has 0 atom stereocenters. The number of thiazole rings is 1. The number of nitrogens with two attached hydrogens (primary N) is 1. The van der Waals surface area contributed by atoms with Crippen molar-refractivity contribution < 1.29 is 10.1 Å². The minimum Gasteiger partial charge on any atom is -0.348 e. The summed E-state index contributed by atoms with van der Waals surface area (Å²) in [6.07, 6.45) is 5.12.